The predicted molar refractivity (Wildman–Crippen MR) is 87.6 cm³/mol. The second-order valence-electron chi connectivity index (χ2n) is 6.32. The normalized spacial score (nSPS) is 15.3. The average Bonchev–Trinajstić information content (AvgIpc) is 2.55. The van der Waals surface area contributed by atoms with Crippen molar-refractivity contribution in [3.63, 3.8) is 0 Å². The second-order valence-corrected chi connectivity index (χ2v) is 6.32. The molecule has 0 bridgehead atoms. The number of carbonyl (C=O) groups is 2. The van der Waals surface area contributed by atoms with Crippen molar-refractivity contribution in [3.05, 3.63) is 70.8 Å². The lowest BCUT2D eigenvalue weighted by Crippen LogP contribution is -2.45. The van der Waals surface area contributed by atoms with Crippen molar-refractivity contribution in [2.24, 2.45) is 0 Å². The van der Waals surface area contributed by atoms with Gasteiger partial charge in [0.05, 0.1) is 11.1 Å². The zero-order chi connectivity index (χ0) is 18.0. The standard InChI is InChI=1S/C19H17F2NO3/c20-14-5-3-13(4-6-14)19(8-1-9-19)11-22-17(23)15-7-2-12(18(24)25)10-16(15)21/h2-7,10H,1,8-9,11H2,(H,22,23)(H,24,25). The minimum Gasteiger partial charge on any atom is -0.478 e. The van der Waals surface area contributed by atoms with E-state index in [1.165, 1.54) is 24.3 Å². The van der Waals surface area contributed by atoms with E-state index in [1.54, 1.807) is 12.1 Å². The topological polar surface area (TPSA) is 66.4 Å². The van der Waals surface area contributed by atoms with Gasteiger partial charge in [0.15, 0.2) is 0 Å². The number of carbonyl (C=O) groups excluding carboxylic acids is 1. The van der Waals surface area contributed by atoms with E-state index in [-0.39, 0.29) is 22.4 Å². The molecule has 130 valence electrons. The molecule has 1 saturated carbocycles. The third-order valence-electron chi connectivity index (χ3n) is 4.82. The Morgan fingerprint density at radius 1 is 1.08 bits per heavy atom. The van der Waals surface area contributed by atoms with Gasteiger partial charge < -0.3 is 10.4 Å². The highest BCUT2D eigenvalue weighted by Gasteiger charge is 2.39. The summed E-state index contributed by atoms with van der Waals surface area (Å²) in [5.41, 5.74) is 0.275. The Bertz CT molecular complexity index is 814. The Kier molecular flexibility index (Phi) is 4.53. The van der Waals surface area contributed by atoms with Gasteiger partial charge in [-0.05, 0) is 48.7 Å². The summed E-state index contributed by atoms with van der Waals surface area (Å²) < 4.78 is 27.1. The number of aromatic carboxylic acids is 1. The Morgan fingerprint density at radius 3 is 2.28 bits per heavy atom. The molecule has 0 heterocycles. The van der Waals surface area contributed by atoms with Crippen molar-refractivity contribution in [1.29, 1.82) is 0 Å². The molecule has 3 rings (SSSR count). The van der Waals surface area contributed by atoms with Crippen LogP contribution in [0.2, 0.25) is 0 Å². The van der Waals surface area contributed by atoms with Gasteiger partial charge in [0.1, 0.15) is 11.6 Å². The fourth-order valence-corrected chi connectivity index (χ4v) is 3.15. The maximum absolute atomic E-state index is 14.0. The van der Waals surface area contributed by atoms with E-state index < -0.39 is 17.7 Å². The van der Waals surface area contributed by atoms with Gasteiger partial charge in [0.25, 0.3) is 5.91 Å². The lowest BCUT2D eigenvalue weighted by molar-refractivity contribution is 0.0695. The van der Waals surface area contributed by atoms with Crippen molar-refractivity contribution in [2.45, 2.75) is 24.7 Å². The van der Waals surface area contributed by atoms with E-state index in [2.05, 4.69) is 5.32 Å². The number of nitrogens with one attached hydrogen (secondary N) is 1. The third-order valence-corrected chi connectivity index (χ3v) is 4.82. The van der Waals surface area contributed by atoms with Gasteiger partial charge >= 0.3 is 5.97 Å². The van der Waals surface area contributed by atoms with Crippen molar-refractivity contribution in [3.8, 4) is 0 Å². The van der Waals surface area contributed by atoms with Crippen LogP contribution in [0.4, 0.5) is 8.78 Å². The monoisotopic (exact) mass is 345 g/mol. The molecule has 1 amide bonds. The van der Waals surface area contributed by atoms with Crippen molar-refractivity contribution >= 4 is 11.9 Å². The van der Waals surface area contributed by atoms with Crippen LogP contribution in [0.15, 0.2) is 42.5 Å². The zero-order valence-electron chi connectivity index (χ0n) is 13.4. The highest BCUT2D eigenvalue weighted by Crippen LogP contribution is 2.43. The van der Waals surface area contributed by atoms with Gasteiger partial charge in [-0.15, -0.1) is 0 Å². The number of rotatable bonds is 5. The molecule has 4 nitrogen and oxygen atoms in total. The molecule has 2 N–H and O–H groups in total. The molecule has 0 spiro atoms. The summed E-state index contributed by atoms with van der Waals surface area (Å²) in [4.78, 5) is 23.1. The van der Waals surface area contributed by atoms with Crippen molar-refractivity contribution in [2.75, 3.05) is 6.54 Å². The molecule has 0 aromatic heterocycles. The Labute approximate surface area is 143 Å². The molecule has 0 aliphatic heterocycles. The molecule has 1 aliphatic rings. The molecule has 1 fully saturated rings. The minimum absolute atomic E-state index is 0.196. The highest BCUT2D eigenvalue weighted by atomic mass is 19.1. The largest absolute Gasteiger partial charge is 0.478 e. The third kappa shape index (κ3) is 3.38. The van der Waals surface area contributed by atoms with Gasteiger partial charge in [-0.1, -0.05) is 18.6 Å². The first-order chi connectivity index (χ1) is 11.9. The van der Waals surface area contributed by atoms with E-state index in [0.29, 0.717) is 6.54 Å². The number of carboxylic acids is 1. The van der Waals surface area contributed by atoms with Crippen molar-refractivity contribution < 1.29 is 23.5 Å². The first-order valence-electron chi connectivity index (χ1n) is 7.98. The number of hydrogen-bond acceptors (Lipinski definition) is 2. The molecule has 1 aliphatic carbocycles. The van der Waals surface area contributed by atoms with Gasteiger partial charge in [0.2, 0.25) is 0 Å². The van der Waals surface area contributed by atoms with E-state index >= 15 is 0 Å². The Hall–Kier alpha value is -2.76. The van der Waals surface area contributed by atoms with E-state index in [0.717, 1.165) is 30.9 Å². The summed E-state index contributed by atoms with van der Waals surface area (Å²) in [6.07, 6.45) is 2.73. The zero-order valence-corrected chi connectivity index (χ0v) is 13.4. The van der Waals surface area contributed by atoms with Crippen LogP contribution in [0, 0.1) is 11.6 Å². The molecule has 2 aromatic rings. The molecule has 0 saturated heterocycles. The molecule has 0 atom stereocenters. The van der Waals surface area contributed by atoms with Crippen LogP contribution in [0.25, 0.3) is 0 Å². The number of carboxylic acid groups (broad SMARTS) is 1. The van der Waals surface area contributed by atoms with Gasteiger partial charge in [-0.2, -0.15) is 0 Å². The first-order valence-corrected chi connectivity index (χ1v) is 7.98. The lowest BCUT2D eigenvalue weighted by Gasteiger charge is -2.42. The van der Waals surface area contributed by atoms with Gasteiger partial charge in [0, 0.05) is 12.0 Å². The van der Waals surface area contributed by atoms with Gasteiger partial charge in [-0.25, -0.2) is 13.6 Å². The molecule has 0 radical (unpaired) electrons. The molecular weight excluding hydrogens is 328 g/mol. The molecule has 25 heavy (non-hydrogen) atoms. The second kappa shape index (κ2) is 6.63. The van der Waals surface area contributed by atoms with E-state index in [9.17, 15) is 18.4 Å². The summed E-state index contributed by atoms with van der Waals surface area (Å²) in [6, 6.07) is 9.39. The quantitative estimate of drug-likeness (QED) is 0.871. The Morgan fingerprint density at radius 2 is 1.76 bits per heavy atom. The maximum Gasteiger partial charge on any atom is 0.335 e. The van der Waals surface area contributed by atoms with Crippen LogP contribution in [-0.4, -0.2) is 23.5 Å². The van der Waals surface area contributed by atoms with Crippen molar-refractivity contribution in [1.82, 2.24) is 5.32 Å². The van der Waals surface area contributed by atoms with Crippen LogP contribution < -0.4 is 5.32 Å². The van der Waals surface area contributed by atoms with Gasteiger partial charge in [-0.3, -0.25) is 4.79 Å². The first kappa shape index (κ1) is 17.1. The molecule has 6 heteroatoms. The highest BCUT2D eigenvalue weighted by molar-refractivity contribution is 5.96. The Balaban J connectivity index is 1.73. The van der Waals surface area contributed by atoms with E-state index in [4.69, 9.17) is 5.11 Å². The fourth-order valence-electron chi connectivity index (χ4n) is 3.15. The fraction of sp³-hybridized carbons (Fsp3) is 0.263. The smallest absolute Gasteiger partial charge is 0.335 e. The summed E-state index contributed by atoms with van der Waals surface area (Å²) in [5, 5.41) is 11.6. The summed E-state index contributed by atoms with van der Waals surface area (Å²) >= 11 is 0. The number of amides is 1. The predicted octanol–water partition coefficient (Wildman–Crippen LogP) is 3.51. The number of benzene rings is 2. The van der Waals surface area contributed by atoms with Crippen LogP contribution in [0.3, 0.4) is 0 Å². The SMILES string of the molecule is O=C(O)c1ccc(C(=O)NCC2(c3ccc(F)cc3)CCC2)c(F)c1. The summed E-state index contributed by atoms with van der Waals surface area (Å²) in [7, 11) is 0. The summed E-state index contributed by atoms with van der Waals surface area (Å²) in [5.74, 6) is -3.04. The van der Waals surface area contributed by atoms with Crippen LogP contribution in [0.1, 0.15) is 45.5 Å². The molecule has 0 unspecified atom stereocenters. The van der Waals surface area contributed by atoms with E-state index in [1.807, 2.05) is 0 Å². The minimum atomic E-state index is -1.25. The molecule has 2 aromatic carbocycles. The number of halogens is 2. The van der Waals surface area contributed by atoms with Crippen LogP contribution in [-0.2, 0) is 5.41 Å². The van der Waals surface area contributed by atoms with Crippen LogP contribution in [0.5, 0.6) is 0 Å². The molecular formula is C19H17F2NO3. The van der Waals surface area contributed by atoms with Crippen LogP contribution >= 0.6 is 0 Å². The number of hydrogen-bond donors (Lipinski definition) is 2. The maximum atomic E-state index is 14.0. The lowest BCUT2D eigenvalue weighted by atomic mass is 9.64. The average molecular weight is 345 g/mol. The summed E-state index contributed by atoms with van der Waals surface area (Å²) in [6.45, 7) is 0.317.